The largest absolute Gasteiger partial charge is 0.508 e. The predicted octanol–water partition coefficient (Wildman–Crippen LogP) is 6.61. The number of anilines is 2. The summed E-state index contributed by atoms with van der Waals surface area (Å²) in [5, 5.41) is 22.9. The lowest BCUT2D eigenvalue weighted by Crippen LogP contribution is -2.41. The Morgan fingerprint density at radius 1 is 0.500 bits per heavy atom. The summed E-state index contributed by atoms with van der Waals surface area (Å²) in [7, 11) is 0. The Morgan fingerprint density at radius 2 is 0.864 bits per heavy atom. The zero-order chi connectivity index (χ0) is 30.0. The minimum absolute atomic E-state index is 0.0914. The van der Waals surface area contributed by atoms with E-state index in [9.17, 15) is 14.7 Å². The number of phenols is 1. The summed E-state index contributed by atoms with van der Waals surface area (Å²) in [5.41, 5.74) is 4.70. The molecule has 0 aliphatic carbocycles. The molecule has 7 heteroatoms. The summed E-state index contributed by atoms with van der Waals surface area (Å²) in [6.07, 6.45) is 0. The van der Waals surface area contributed by atoms with Crippen molar-refractivity contribution in [3.8, 4) is 5.75 Å². The topological polar surface area (TPSA) is 85.6 Å². The maximum absolute atomic E-state index is 14.6. The maximum Gasteiger partial charge on any atom is 0.257 e. The summed E-state index contributed by atoms with van der Waals surface area (Å²) in [5.74, 6) is -2.76. The molecule has 5 aromatic carbocycles. The van der Waals surface area contributed by atoms with Crippen molar-refractivity contribution in [2.45, 2.75) is 5.92 Å². The molecule has 0 saturated carbocycles. The van der Waals surface area contributed by atoms with Crippen LogP contribution in [0.2, 0.25) is 0 Å². The Balaban J connectivity index is 1.44. The van der Waals surface area contributed by atoms with Crippen LogP contribution < -0.4 is 10.0 Å². The van der Waals surface area contributed by atoms with Crippen molar-refractivity contribution in [2.75, 3.05) is 10.0 Å². The van der Waals surface area contributed by atoms with E-state index >= 15 is 0 Å². The number of hydrogen-bond acceptors (Lipinski definition) is 5. The van der Waals surface area contributed by atoms with Crippen molar-refractivity contribution in [3.05, 3.63) is 162 Å². The van der Waals surface area contributed by atoms with E-state index in [4.69, 9.17) is 10.2 Å². The van der Waals surface area contributed by atoms with E-state index in [1.165, 1.54) is 10.0 Å². The van der Waals surface area contributed by atoms with Gasteiger partial charge in [0.15, 0.2) is 0 Å². The number of carbonyl (C=O) groups is 2. The molecule has 2 aliphatic heterocycles. The fourth-order valence-corrected chi connectivity index (χ4v) is 6.06. The van der Waals surface area contributed by atoms with Crippen molar-refractivity contribution in [1.82, 2.24) is 0 Å². The van der Waals surface area contributed by atoms with Crippen LogP contribution in [0.3, 0.4) is 0 Å². The number of carbonyl (C=O) groups excluding carboxylic acids is 2. The minimum Gasteiger partial charge on any atom is -0.508 e. The highest BCUT2D eigenvalue weighted by molar-refractivity contribution is 6.26. The second-order valence-electron chi connectivity index (χ2n) is 10.7. The molecule has 1 unspecified atom stereocenters. The first-order valence-corrected chi connectivity index (χ1v) is 14.4. The van der Waals surface area contributed by atoms with Crippen molar-refractivity contribution in [1.29, 1.82) is 0 Å². The Hall–Kier alpha value is -5.82. The first-order valence-electron chi connectivity index (χ1n) is 14.4. The van der Waals surface area contributed by atoms with Crippen molar-refractivity contribution >= 4 is 34.6 Å². The summed E-state index contributed by atoms with van der Waals surface area (Å²) in [6.45, 7) is 0. The van der Waals surface area contributed by atoms with Gasteiger partial charge in [0.1, 0.15) is 5.75 Å². The van der Waals surface area contributed by atoms with Crippen LogP contribution in [0.25, 0.3) is 0 Å². The number of rotatable bonds is 7. The Morgan fingerprint density at radius 3 is 1.25 bits per heavy atom. The quantitative estimate of drug-likeness (QED) is 0.237. The van der Waals surface area contributed by atoms with E-state index < -0.39 is 17.8 Å². The number of phenolic OH excluding ortho intramolecular Hbond substituents is 1. The van der Waals surface area contributed by atoms with Gasteiger partial charge in [0, 0.05) is 5.92 Å². The lowest BCUT2D eigenvalue weighted by Gasteiger charge is -2.30. The standard InChI is InChI=1S/C37H28N4O3/c42-30-23-21-25(22-24-30)31(32-34(26-13-5-1-6-14-26)38-40(36(32)43)28-17-9-3-10-18-28)33-35(27-15-7-2-8-16-27)39-41(37(33)44)29-19-11-4-12-20-29/h1-24,31-33,42H/t31?,32-,33+. The first-order chi connectivity index (χ1) is 21.6. The van der Waals surface area contributed by atoms with Gasteiger partial charge < -0.3 is 5.11 Å². The predicted molar refractivity (Wildman–Crippen MR) is 172 cm³/mol. The van der Waals surface area contributed by atoms with Gasteiger partial charge in [0.05, 0.1) is 34.6 Å². The van der Waals surface area contributed by atoms with Crippen LogP contribution in [-0.2, 0) is 9.59 Å². The lowest BCUT2D eigenvalue weighted by atomic mass is 9.70. The average molecular weight is 577 g/mol. The van der Waals surface area contributed by atoms with Crippen LogP contribution in [0, 0.1) is 11.8 Å². The van der Waals surface area contributed by atoms with Gasteiger partial charge in [-0.05, 0) is 53.1 Å². The molecule has 0 spiro atoms. The smallest absolute Gasteiger partial charge is 0.257 e. The highest BCUT2D eigenvalue weighted by Crippen LogP contribution is 2.45. The summed E-state index contributed by atoms with van der Waals surface area (Å²) < 4.78 is 0. The van der Waals surface area contributed by atoms with Crippen molar-refractivity contribution in [2.24, 2.45) is 22.0 Å². The van der Waals surface area contributed by atoms with Gasteiger partial charge in [-0.15, -0.1) is 0 Å². The average Bonchev–Trinajstić information content (AvgIpc) is 3.61. The second kappa shape index (κ2) is 11.5. The molecule has 44 heavy (non-hydrogen) atoms. The third-order valence-corrected chi connectivity index (χ3v) is 8.09. The maximum atomic E-state index is 14.6. The monoisotopic (exact) mass is 576 g/mol. The number of benzene rings is 5. The number of para-hydroxylation sites is 2. The van der Waals surface area contributed by atoms with Gasteiger partial charge in [0.25, 0.3) is 11.8 Å². The molecule has 2 aliphatic rings. The van der Waals surface area contributed by atoms with Gasteiger partial charge in [-0.25, -0.2) is 0 Å². The van der Waals surface area contributed by atoms with Gasteiger partial charge in [0.2, 0.25) is 0 Å². The summed E-state index contributed by atoms with van der Waals surface area (Å²) >= 11 is 0. The molecular weight excluding hydrogens is 548 g/mol. The molecule has 2 heterocycles. The van der Waals surface area contributed by atoms with E-state index in [1.807, 2.05) is 121 Å². The highest BCUT2D eigenvalue weighted by Gasteiger charge is 2.52. The van der Waals surface area contributed by atoms with E-state index in [0.29, 0.717) is 22.8 Å². The van der Waals surface area contributed by atoms with Crippen molar-refractivity contribution in [3.63, 3.8) is 0 Å². The van der Waals surface area contributed by atoms with E-state index in [-0.39, 0.29) is 17.6 Å². The fourth-order valence-electron chi connectivity index (χ4n) is 6.06. The molecule has 0 radical (unpaired) electrons. The third-order valence-electron chi connectivity index (χ3n) is 8.09. The van der Waals surface area contributed by atoms with Crippen molar-refractivity contribution < 1.29 is 14.7 Å². The zero-order valence-corrected chi connectivity index (χ0v) is 23.6. The van der Waals surface area contributed by atoms with Crippen LogP contribution >= 0.6 is 0 Å². The summed E-state index contributed by atoms with van der Waals surface area (Å²) in [4.78, 5) is 29.3. The number of hydrogen-bond donors (Lipinski definition) is 1. The number of amides is 2. The molecule has 2 amide bonds. The van der Waals surface area contributed by atoms with E-state index in [1.54, 1.807) is 24.3 Å². The number of hydrazone groups is 2. The normalized spacial score (nSPS) is 18.7. The Labute approximate surface area is 255 Å². The Bertz CT molecular complexity index is 1740. The van der Waals surface area contributed by atoms with Crippen LogP contribution in [0.4, 0.5) is 11.4 Å². The van der Waals surface area contributed by atoms with Gasteiger partial charge >= 0.3 is 0 Å². The number of nitrogens with zero attached hydrogens (tertiary/aromatic N) is 4. The molecule has 214 valence electrons. The summed E-state index contributed by atoms with van der Waals surface area (Å²) in [6, 6.07) is 44.6. The molecule has 0 aromatic heterocycles. The van der Waals surface area contributed by atoms with Crippen LogP contribution in [0.5, 0.6) is 5.75 Å². The van der Waals surface area contributed by atoms with Crippen LogP contribution in [-0.4, -0.2) is 28.3 Å². The van der Waals surface area contributed by atoms with Crippen LogP contribution in [0.1, 0.15) is 22.6 Å². The Kier molecular flexibility index (Phi) is 7.04. The molecule has 0 saturated heterocycles. The third kappa shape index (κ3) is 4.84. The molecule has 3 atom stereocenters. The molecule has 5 aromatic rings. The molecule has 0 fully saturated rings. The zero-order valence-electron chi connectivity index (χ0n) is 23.6. The minimum atomic E-state index is -0.833. The lowest BCUT2D eigenvalue weighted by molar-refractivity contribution is -0.122. The molecule has 0 bridgehead atoms. The van der Waals surface area contributed by atoms with Crippen LogP contribution in [0.15, 0.2) is 156 Å². The molecule has 1 N–H and O–H groups in total. The van der Waals surface area contributed by atoms with Gasteiger partial charge in [-0.2, -0.15) is 20.2 Å². The van der Waals surface area contributed by atoms with E-state index in [0.717, 1.165) is 16.7 Å². The fraction of sp³-hybridized carbons (Fsp3) is 0.0811. The molecule has 7 rings (SSSR count). The molecule has 7 nitrogen and oxygen atoms in total. The molecular formula is C37H28N4O3. The SMILES string of the molecule is O=C1[C@@H](C(c2ccc(O)cc2)[C@H]2C(=O)N(c3ccccc3)N=C2c2ccccc2)C(c2ccccc2)=NN1c1ccccc1. The number of aromatic hydroxyl groups is 1. The highest BCUT2D eigenvalue weighted by atomic mass is 16.3. The van der Waals surface area contributed by atoms with E-state index in [2.05, 4.69) is 0 Å². The van der Waals surface area contributed by atoms with Gasteiger partial charge in [-0.1, -0.05) is 109 Å². The second-order valence-corrected chi connectivity index (χ2v) is 10.7. The first kappa shape index (κ1) is 27.0. The van der Waals surface area contributed by atoms with Gasteiger partial charge in [-0.3, -0.25) is 9.59 Å².